The minimum Gasteiger partial charge on any atom is -0.377 e. The van der Waals surface area contributed by atoms with Crippen molar-refractivity contribution < 1.29 is 9.90 Å². The predicted octanol–water partition coefficient (Wildman–Crippen LogP) is 3.74. The fourth-order valence-corrected chi connectivity index (χ4v) is 6.68. The molecule has 0 aliphatic heterocycles. The van der Waals surface area contributed by atoms with E-state index in [9.17, 15) is 9.90 Å². The Morgan fingerprint density at radius 2 is 2.13 bits per heavy atom. The molecule has 4 rings (SSSR count). The van der Waals surface area contributed by atoms with Gasteiger partial charge in [0.15, 0.2) is 5.78 Å². The fraction of sp³-hybridized carbons (Fsp3) is 0.762. The zero-order valence-corrected chi connectivity index (χ0v) is 14.1. The minimum absolute atomic E-state index is 0.300. The number of hydrogen-bond acceptors (Lipinski definition) is 2. The molecule has 0 saturated heterocycles. The highest BCUT2D eigenvalue weighted by Crippen LogP contribution is 2.61. The fourth-order valence-electron chi connectivity index (χ4n) is 6.68. The molecule has 3 saturated carbocycles. The van der Waals surface area contributed by atoms with Gasteiger partial charge in [-0.25, -0.2) is 0 Å². The number of carbonyl (C=O) groups is 1. The van der Waals surface area contributed by atoms with Crippen LogP contribution in [0.4, 0.5) is 0 Å². The summed E-state index contributed by atoms with van der Waals surface area (Å²) in [7, 11) is 0. The summed E-state index contributed by atoms with van der Waals surface area (Å²) < 4.78 is 0. The lowest BCUT2D eigenvalue weighted by molar-refractivity contribution is -0.116. The first kappa shape index (κ1) is 15.5. The molecular formula is C21H28O2. The highest BCUT2D eigenvalue weighted by Gasteiger charge is 2.57. The Kier molecular flexibility index (Phi) is 3.69. The Labute approximate surface area is 139 Å². The Bertz CT molecular complexity index is 583. The number of rotatable bonds is 1. The lowest BCUT2D eigenvalue weighted by Gasteiger charge is -2.53. The van der Waals surface area contributed by atoms with Gasteiger partial charge in [-0.1, -0.05) is 24.8 Å². The summed E-state index contributed by atoms with van der Waals surface area (Å²) in [6, 6.07) is 0. The first-order chi connectivity index (χ1) is 11.1. The quantitative estimate of drug-likeness (QED) is 0.749. The first-order valence-electron chi connectivity index (χ1n) is 9.51. The molecule has 0 unspecified atom stereocenters. The minimum atomic E-state index is -0.859. The summed E-state index contributed by atoms with van der Waals surface area (Å²) >= 11 is 0. The van der Waals surface area contributed by atoms with Crippen LogP contribution in [0.5, 0.6) is 0 Å². The largest absolute Gasteiger partial charge is 0.377 e. The molecule has 4 aliphatic carbocycles. The van der Waals surface area contributed by atoms with Gasteiger partial charge in [-0.2, -0.15) is 0 Å². The second kappa shape index (κ2) is 5.49. The van der Waals surface area contributed by atoms with Gasteiger partial charge in [0.25, 0.3) is 0 Å². The zero-order chi connectivity index (χ0) is 16.2. The molecule has 0 radical (unpaired) electrons. The molecule has 0 heterocycles. The van der Waals surface area contributed by atoms with Gasteiger partial charge in [0.1, 0.15) is 5.60 Å². The topological polar surface area (TPSA) is 37.3 Å². The maximum absolute atomic E-state index is 11.8. The standard InChI is InChI=1S/C21H28O2/c1-3-13-12-19-17(9-10-21(19,23)4-2)18-7-5-14-11-15(22)6-8-16(14)20(13)18/h2,11,13,16-20,23H,3,5-10,12H2,1H3/t13-,16+,17+,18+,19+,20-,21-/m1/s1. The Balaban J connectivity index is 1.68. The molecule has 3 fully saturated rings. The smallest absolute Gasteiger partial charge is 0.155 e. The van der Waals surface area contributed by atoms with Crippen LogP contribution in [0, 0.1) is 47.9 Å². The van der Waals surface area contributed by atoms with Crippen LogP contribution in [0.1, 0.15) is 58.3 Å². The van der Waals surface area contributed by atoms with E-state index in [1.807, 2.05) is 6.08 Å². The average Bonchev–Trinajstić information content (AvgIpc) is 2.91. The molecule has 124 valence electrons. The lowest BCUT2D eigenvalue weighted by atomic mass is 9.51. The first-order valence-corrected chi connectivity index (χ1v) is 9.51. The van der Waals surface area contributed by atoms with Crippen LogP contribution < -0.4 is 0 Å². The van der Waals surface area contributed by atoms with Crippen LogP contribution in [-0.2, 0) is 4.79 Å². The van der Waals surface area contributed by atoms with Crippen molar-refractivity contribution in [1.82, 2.24) is 0 Å². The van der Waals surface area contributed by atoms with Gasteiger partial charge < -0.3 is 5.11 Å². The third-order valence-electron chi connectivity index (χ3n) is 7.66. The van der Waals surface area contributed by atoms with Gasteiger partial charge in [0.2, 0.25) is 0 Å². The molecule has 1 N–H and O–H groups in total. The van der Waals surface area contributed by atoms with Crippen molar-refractivity contribution in [2.24, 2.45) is 35.5 Å². The van der Waals surface area contributed by atoms with E-state index in [1.54, 1.807) is 0 Å². The molecular weight excluding hydrogens is 284 g/mol. The molecule has 2 heteroatoms. The summed E-state index contributed by atoms with van der Waals surface area (Å²) in [6.45, 7) is 2.29. The number of fused-ring (bicyclic) bond motifs is 5. The third-order valence-corrected chi connectivity index (χ3v) is 7.66. The van der Waals surface area contributed by atoms with Gasteiger partial charge in [-0.3, -0.25) is 4.79 Å². The van der Waals surface area contributed by atoms with Crippen LogP contribution >= 0.6 is 0 Å². The number of carbonyl (C=O) groups excluding carboxylic acids is 1. The van der Waals surface area contributed by atoms with Gasteiger partial charge in [-0.05, 0) is 74.2 Å². The van der Waals surface area contributed by atoms with Gasteiger partial charge in [0.05, 0.1) is 0 Å². The van der Waals surface area contributed by atoms with Crippen LogP contribution in [-0.4, -0.2) is 16.5 Å². The molecule has 4 aliphatic rings. The predicted molar refractivity (Wildman–Crippen MR) is 90.4 cm³/mol. The Morgan fingerprint density at radius 3 is 2.87 bits per heavy atom. The van der Waals surface area contributed by atoms with Crippen LogP contribution in [0.2, 0.25) is 0 Å². The third kappa shape index (κ3) is 2.23. The van der Waals surface area contributed by atoms with E-state index in [-0.39, 0.29) is 0 Å². The van der Waals surface area contributed by atoms with Crippen molar-refractivity contribution in [2.75, 3.05) is 0 Å². The molecule has 0 spiro atoms. The zero-order valence-electron chi connectivity index (χ0n) is 14.1. The SMILES string of the molecule is C#C[C@@]1(O)CC[C@H]2[C@@H]3CCC4=CC(=O)CC[C@@H]4[C@H]3[C@H](CC)C[C@@H]21. The van der Waals surface area contributed by atoms with Gasteiger partial charge in [0, 0.05) is 12.3 Å². The van der Waals surface area contributed by atoms with Gasteiger partial charge >= 0.3 is 0 Å². The summed E-state index contributed by atoms with van der Waals surface area (Å²) in [5.74, 6) is 6.67. The van der Waals surface area contributed by atoms with Crippen molar-refractivity contribution in [3.63, 3.8) is 0 Å². The van der Waals surface area contributed by atoms with Crippen molar-refractivity contribution in [3.8, 4) is 12.3 Å². The molecule has 2 nitrogen and oxygen atoms in total. The van der Waals surface area contributed by atoms with Gasteiger partial charge in [-0.15, -0.1) is 6.42 Å². The average molecular weight is 312 g/mol. The Morgan fingerprint density at radius 1 is 1.30 bits per heavy atom. The van der Waals surface area contributed by atoms with Crippen molar-refractivity contribution in [2.45, 2.75) is 63.9 Å². The van der Waals surface area contributed by atoms with E-state index >= 15 is 0 Å². The normalized spacial score (nSPS) is 48.7. The summed E-state index contributed by atoms with van der Waals surface area (Å²) in [4.78, 5) is 11.8. The summed E-state index contributed by atoms with van der Waals surface area (Å²) in [6.07, 6.45) is 15.9. The van der Waals surface area contributed by atoms with E-state index in [0.717, 1.165) is 44.4 Å². The van der Waals surface area contributed by atoms with E-state index in [1.165, 1.54) is 18.4 Å². The van der Waals surface area contributed by atoms with E-state index in [4.69, 9.17) is 6.42 Å². The summed E-state index contributed by atoms with van der Waals surface area (Å²) in [5.41, 5.74) is 0.575. The second-order valence-corrected chi connectivity index (χ2v) is 8.39. The van der Waals surface area contributed by atoms with E-state index < -0.39 is 5.60 Å². The maximum atomic E-state index is 11.8. The van der Waals surface area contributed by atoms with Crippen molar-refractivity contribution in [1.29, 1.82) is 0 Å². The molecule has 0 bridgehead atoms. The number of aliphatic hydroxyl groups is 1. The monoisotopic (exact) mass is 312 g/mol. The van der Waals surface area contributed by atoms with Crippen LogP contribution in [0.25, 0.3) is 0 Å². The molecule has 0 aromatic carbocycles. The number of allylic oxidation sites excluding steroid dienone is 1. The molecule has 7 atom stereocenters. The lowest BCUT2D eigenvalue weighted by Crippen LogP contribution is -2.49. The number of ketones is 1. The molecule has 0 aromatic heterocycles. The van der Waals surface area contributed by atoms with Crippen molar-refractivity contribution in [3.05, 3.63) is 11.6 Å². The van der Waals surface area contributed by atoms with E-state index in [0.29, 0.717) is 35.4 Å². The molecule has 0 amide bonds. The Hall–Kier alpha value is -1.07. The number of terminal acetylenes is 1. The van der Waals surface area contributed by atoms with Crippen molar-refractivity contribution >= 4 is 5.78 Å². The highest BCUT2D eigenvalue weighted by atomic mass is 16.3. The van der Waals surface area contributed by atoms with Crippen LogP contribution in [0.3, 0.4) is 0 Å². The maximum Gasteiger partial charge on any atom is 0.155 e. The second-order valence-electron chi connectivity index (χ2n) is 8.39. The van der Waals surface area contributed by atoms with Crippen LogP contribution in [0.15, 0.2) is 11.6 Å². The molecule has 23 heavy (non-hydrogen) atoms. The van der Waals surface area contributed by atoms with E-state index in [2.05, 4.69) is 12.8 Å². The number of hydrogen-bond donors (Lipinski definition) is 1. The highest BCUT2D eigenvalue weighted by molar-refractivity contribution is 5.91. The molecule has 0 aromatic rings. The summed E-state index contributed by atoms with van der Waals surface area (Å²) in [5, 5.41) is 10.9.